The zero-order chi connectivity index (χ0) is 22.7. The van der Waals surface area contributed by atoms with Crippen molar-refractivity contribution >= 4 is 40.5 Å². The highest BCUT2D eigenvalue weighted by Crippen LogP contribution is 2.37. The van der Waals surface area contributed by atoms with E-state index < -0.39 is 6.10 Å². The third-order valence-corrected chi connectivity index (χ3v) is 6.58. The molecule has 164 valence electrons. The molecule has 7 heteroatoms. The Bertz CT molecular complexity index is 1110. The Labute approximate surface area is 203 Å². The van der Waals surface area contributed by atoms with Crippen LogP contribution in [0.1, 0.15) is 28.8 Å². The Morgan fingerprint density at radius 2 is 1.62 bits per heavy atom. The Morgan fingerprint density at radius 3 is 2.28 bits per heavy atom. The van der Waals surface area contributed by atoms with E-state index in [-0.39, 0.29) is 6.04 Å². The fraction of sp³-hybridized carbons (Fsp3) is 0.240. The zero-order valence-electron chi connectivity index (χ0n) is 17.3. The summed E-state index contributed by atoms with van der Waals surface area (Å²) < 4.78 is 0. The fourth-order valence-corrected chi connectivity index (χ4v) is 4.75. The molecule has 2 atom stereocenters. The van der Waals surface area contributed by atoms with Gasteiger partial charge in [0.2, 0.25) is 0 Å². The van der Waals surface area contributed by atoms with Crippen LogP contribution in [0.3, 0.4) is 0 Å². The molecule has 4 rings (SSSR count). The molecular formula is C25H22Cl3N3O. The Balaban J connectivity index is 1.56. The third-order valence-electron chi connectivity index (χ3n) is 5.79. The highest BCUT2D eigenvalue weighted by Gasteiger charge is 2.30. The molecule has 1 N–H and O–H groups in total. The average molecular weight is 487 g/mol. The average Bonchev–Trinajstić information content (AvgIpc) is 2.80. The van der Waals surface area contributed by atoms with E-state index in [1.807, 2.05) is 48.5 Å². The molecule has 3 aromatic rings. The summed E-state index contributed by atoms with van der Waals surface area (Å²) >= 11 is 18.8. The van der Waals surface area contributed by atoms with Crippen molar-refractivity contribution < 1.29 is 5.11 Å². The first-order chi connectivity index (χ1) is 15.4. The van der Waals surface area contributed by atoms with Crippen molar-refractivity contribution in [3.63, 3.8) is 0 Å². The highest BCUT2D eigenvalue weighted by atomic mass is 35.5. The maximum atomic E-state index is 10.8. The predicted molar refractivity (Wildman–Crippen MR) is 131 cm³/mol. The standard InChI is InChI=1S/C25H22Cl3N3O/c26-20-7-5-18(6-8-20)24-15-30(16-25(32)19-3-1-17(14-29)2-4-19)11-12-31(24)23-10-9-21(27)13-22(23)28/h1-10,13,24-25,32H,11-12,15-16H2/t24-,25?/m0/s1. The van der Waals surface area contributed by atoms with Crippen LogP contribution in [0.25, 0.3) is 0 Å². The number of anilines is 1. The number of halogens is 3. The summed E-state index contributed by atoms with van der Waals surface area (Å²) in [5, 5.41) is 21.7. The van der Waals surface area contributed by atoms with Crippen molar-refractivity contribution in [3.05, 3.63) is 98.5 Å². The topological polar surface area (TPSA) is 50.5 Å². The molecule has 1 heterocycles. The van der Waals surface area contributed by atoms with Gasteiger partial charge >= 0.3 is 0 Å². The number of β-amino-alcohol motifs (C(OH)–C–C–N with tert-alkyl or cyclic N) is 1. The largest absolute Gasteiger partial charge is 0.387 e. The molecule has 0 aromatic heterocycles. The first kappa shape index (κ1) is 22.9. The van der Waals surface area contributed by atoms with Crippen LogP contribution >= 0.6 is 34.8 Å². The summed E-state index contributed by atoms with van der Waals surface area (Å²) in [6.07, 6.45) is -0.640. The van der Waals surface area contributed by atoms with E-state index in [1.54, 1.807) is 18.2 Å². The monoisotopic (exact) mass is 485 g/mol. The number of piperazine rings is 1. The molecule has 32 heavy (non-hydrogen) atoms. The SMILES string of the molecule is N#Cc1ccc(C(O)CN2CCN(c3ccc(Cl)cc3Cl)[C@H](c3ccc(Cl)cc3)C2)cc1. The van der Waals surface area contributed by atoms with E-state index >= 15 is 0 Å². The summed E-state index contributed by atoms with van der Waals surface area (Å²) in [5.74, 6) is 0. The lowest BCUT2D eigenvalue weighted by Gasteiger charge is -2.44. The van der Waals surface area contributed by atoms with E-state index in [0.29, 0.717) is 33.7 Å². The lowest BCUT2D eigenvalue weighted by molar-refractivity contribution is 0.100. The minimum Gasteiger partial charge on any atom is -0.387 e. The van der Waals surface area contributed by atoms with Gasteiger partial charge in [0.05, 0.1) is 34.5 Å². The molecule has 0 aliphatic carbocycles. The van der Waals surface area contributed by atoms with Crippen molar-refractivity contribution in [2.75, 3.05) is 31.1 Å². The number of hydrogen-bond donors (Lipinski definition) is 1. The van der Waals surface area contributed by atoms with Crippen LogP contribution in [0.4, 0.5) is 5.69 Å². The normalized spacial score (nSPS) is 17.7. The minimum atomic E-state index is -0.640. The number of benzene rings is 3. The predicted octanol–water partition coefficient (Wildman–Crippen LogP) is 6.12. The van der Waals surface area contributed by atoms with Crippen molar-refractivity contribution in [2.24, 2.45) is 0 Å². The second-order valence-corrected chi connectivity index (χ2v) is 9.15. The molecule has 0 radical (unpaired) electrons. The van der Waals surface area contributed by atoms with Gasteiger partial charge in [0.25, 0.3) is 0 Å². The molecule has 1 saturated heterocycles. The van der Waals surface area contributed by atoms with Gasteiger partial charge in [-0.05, 0) is 53.6 Å². The fourth-order valence-electron chi connectivity index (χ4n) is 4.11. The minimum absolute atomic E-state index is 0.0351. The van der Waals surface area contributed by atoms with E-state index in [2.05, 4.69) is 15.9 Å². The molecule has 0 bridgehead atoms. The summed E-state index contributed by atoms with van der Waals surface area (Å²) in [7, 11) is 0. The molecule has 0 spiro atoms. The van der Waals surface area contributed by atoms with Crippen molar-refractivity contribution in [3.8, 4) is 6.07 Å². The maximum Gasteiger partial charge on any atom is 0.0991 e. The van der Waals surface area contributed by atoms with Crippen LogP contribution in [0, 0.1) is 11.3 Å². The highest BCUT2D eigenvalue weighted by molar-refractivity contribution is 6.36. The molecule has 1 aliphatic heterocycles. The van der Waals surface area contributed by atoms with Gasteiger partial charge in [-0.2, -0.15) is 5.26 Å². The van der Waals surface area contributed by atoms with E-state index in [4.69, 9.17) is 40.1 Å². The van der Waals surface area contributed by atoms with Gasteiger partial charge in [0, 0.05) is 36.2 Å². The summed E-state index contributed by atoms with van der Waals surface area (Å²) in [5.41, 5.74) is 3.44. The first-order valence-electron chi connectivity index (χ1n) is 10.3. The number of nitrogens with zero attached hydrogens (tertiary/aromatic N) is 3. The summed E-state index contributed by atoms with van der Waals surface area (Å²) in [6.45, 7) is 2.73. The molecule has 0 amide bonds. The Morgan fingerprint density at radius 1 is 0.938 bits per heavy atom. The Hall–Kier alpha value is -2.26. The van der Waals surface area contributed by atoms with Crippen molar-refractivity contribution in [2.45, 2.75) is 12.1 Å². The van der Waals surface area contributed by atoms with Gasteiger partial charge in [-0.3, -0.25) is 4.90 Å². The molecule has 1 aliphatic rings. The molecule has 3 aromatic carbocycles. The van der Waals surface area contributed by atoms with Gasteiger partial charge in [-0.1, -0.05) is 59.1 Å². The van der Waals surface area contributed by atoms with Crippen LogP contribution in [0.2, 0.25) is 15.1 Å². The van der Waals surface area contributed by atoms with Gasteiger partial charge in [-0.25, -0.2) is 0 Å². The van der Waals surface area contributed by atoms with Gasteiger partial charge in [0.15, 0.2) is 0 Å². The number of hydrogen-bond acceptors (Lipinski definition) is 4. The number of aliphatic hydroxyl groups is 1. The Kier molecular flexibility index (Phi) is 7.25. The number of rotatable bonds is 5. The molecule has 1 fully saturated rings. The summed E-state index contributed by atoms with van der Waals surface area (Å²) in [4.78, 5) is 4.54. The summed E-state index contributed by atoms with van der Waals surface area (Å²) in [6, 6.07) is 22.6. The van der Waals surface area contributed by atoms with Crippen LogP contribution in [-0.4, -0.2) is 36.2 Å². The smallest absolute Gasteiger partial charge is 0.0991 e. The molecular weight excluding hydrogens is 465 g/mol. The second-order valence-electron chi connectivity index (χ2n) is 7.87. The van der Waals surface area contributed by atoms with Crippen LogP contribution in [-0.2, 0) is 0 Å². The van der Waals surface area contributed by atoms with E-state index in [0.717, 1.165) is 29.9 Å². The number of aliphatic hydroxyl groups excluding tert-OH is 1. The maximum absolute atomic E-state index is 10.8. The quantitative estimate of drug-likeness (QED) is 0.472. The van der Waals surface area contributed by atoms with Crippen LogP contribution in [0.15, 0.2) is 66.7 Å². The second kappa shape index (κ2) is 10.1. The zero-order valence-corrected chi connectivity index (χ0v) is 19.5. The first-order valence-corrected chi connectivity index (χ1v) is 11.5. The molecule has 1 unspecified atom stereocenters. The van der Waals surface area contributed by atoms with Crippen LogP contribution in [0.5, 0.6) is 0 Å². The van der Waals surface area contributed by atoms with Gasteiger partial charge < -0.3 is 10.0 Å². The van der Waals surface area contributed by atoms with Gasteiger partial charge in [0.1, 0.15) is 0 Å². The third kappa shape index (κ3) is 5.20. The molecule has 0 saturated carbocycles. The lowest BCUT2D eigenvalue weighted by Crippen LogP contribution is -2.49. The van der Waals surface area contributed by atoms with Crippen molar-refractivity contribution in [1.82, 2.24) is 4.90 Å². The van der Waals surface area contributed by atoms with Gasteiger partial charge in [-0.15, -0.1) is 0 Å². The van der Waals surface area contributed by atoms with Crippen molar-refractivity contribution in [1.29, 1.82) is 5.26 Å². The van der Waals surface area contributed by atoms with E-state index in [1.165, 1.54) is 0 Å². The van der Waals surface area contributed by atoms with E-state index in [9.17, 15) is 5.11 Å². The lowest BCUT2D eigenvalue weighted by atomic mass is 10.00. The van der Waals surface area contributed by atoms with Crippen LogP contribution < -0.4 is 4.90 Å². The molecule has 4 nitrogen and oxygen atoms in total. The number of nitriles is 1.